The second-order valence-corrected chi connectivity index (χ2v) is 6.45. The van der Waals surface area contributed by atoms with Crippen molar-refractivity contribution in [2.75, 3.05) is 19.7 Å². The highest BCUT2D eigenvalue weighted by Gasteiger charge is 2.28. The zero-order valence-corrected chi connectivity index (χ0v) is 13.3. The number of esters is 1. The standard InChI is InChI=1S/C17H29NO3/c1-2-21-17(20)15-10-12-18(13-11-15)16(19)9-8-14-6-4-3-5-7-14/h14-15H,2-13H2,1H3. The zero-order chi connectivity index (χ0) is 15.1. The number of hydrogen-bond acceptors (Lipinski definition) is 3. The Labute approximate surface area is 128 Å². The molecule has 1 heterocycles. The molecule has 0 aromatic rings. The van der Waals surface area contributed by atoms with Gasteiger partial charge < -0.3 is 9.64 Å². The lowest BCUT2D eigenvalue weighted by molar-refractivity contribution is -0.151. The average Bonchev–Trinajstić information content (AvgIpc) is 2.54. The molecule has 1 saturated heterocycles. The van der Waals surface area contributed by atoms with Crippen LogP contribution in [0.2, 0.25) is 0 Å². The Bertz CT molecular complexity index is 342. The molecule has 0 spiro atoms. The number of rotatable bonds is 5. The summed E-state index contributed by atoms with van der Waals surface area (Å²) in [4.78, 5) is 25.9. The fourth-order valence-electron chi connectivity index (χ4n) is 3.59. The molecule has 4 nitrogen and oxygen atoms in total. The predicted molar refractivity (Wildman–Crippen MR) is 81.7 cm³/mol. The van der Waals surface area contributed by atoms with E-state index in [0.717, 1.165) is 25.2 Å². The van der Waals surface area contributed by atoms with Gasteiger partial charge in [0, 0.05) is 19.5 Å². The molecule has 2 fully saturated rings. The summed E-state index contributed by atoms with van der Waals surface area (Å²) in [6.07, 6.45) is 9.91. The number of piperidine rings is 1. The summed E-state index contributed by atoms with van der Waals surface area (Å²) < 4.78 is 5.06. The van der Waals surface area contributed by atoms with Gasteiger partial charge in [0.15, 0.2) is 0 Å². The van der Waals surface area contributed by atoms with Crippen molar-refractivity contribution >= 4 is 11.9 Å². The summed E-state index contributed by atoms with van der Waals surface area (Å²) in [5.41, 5.74) is 0. The maximum atomic E-state index is 12.3. The Balaban J connectivity index is 1.66. The molecule has 0 aromatic carbocycles. The quantitative estimate of drug-likeness (QED) is 0.732. The van der Waals surface area contributed by atoms with E-state index in [9.17, 15) is 9.59 Å². The van der Waals surface area contributed by atoms with Gasteiger partial charge in [-0.25, -0.2) is 0 Å². The van der Waals surface area contributed by atoms with Gasteiger partial charge in [-0.2, -0.15) is 0 Å². The van der Waals surface area contributed by atoms with E-state index in [2.05, 4.69) is 0 Å². The predicted octanol–water partition coefficient (Wildman–Crippen LogP) is 3.15. The van der Waals surface area contributed by atoms with Gasteiger partial charge in [-0.3, -0.25) is 9.59 Å². The minimum absolute atomic E-state index is 0.00709. The number of nitrogens with zero attached hydrogens (tertiary/aromatic N) is 1. The van der Waals surface area contributed by atoms with Gasteiger partial charge in [-0.15, -0.1) is 0 Å². The minimum Gasteiger partial charge on any atom is -0.466 e. The SMILES string of the molecule is CCOC(=O)C1CCN(C(=O)CCC2CCCCC2)CC1. The van der Waals surface area contributed by atoms with Crippen LogP contribution in [0.25, 0.3) is 0 Å². The van der Waals surface area contributed by atoms with Gasteiger partial charge in [0.25, 0.3) is 0 Å². The summed E-state index contributed by atoms with van der Waals surface area (Å²) in [6.45, 7) is 3.71. The van der Waals surface area contributed by atoms with Crippen molar-refractivity contribution < 1.29 is 14.3 Å². The molecule has 1 saturated carbocycles. The lowest BCUT2D eigenvalue weighted by Gasteiger charge is -2.31. The van der Waals surface area contributed by atoms with Crippen LogP contribution in [-0.4, -0.2) is 36.5 Å². The summed E-state index contributed by atoms with van der Waals surface area (Å²) in [6, 6.07) is 0. The zero-order valence-electron chi connectivity index (χ0n) is 13.3. The van der Waals surface area contributed by atoms with Crippen LogP contribution in [0.4, 0.5) is 0 Å². The molecule has 0 unspecified atom stereocenters. The first-order valence-electron chi connectivity index (χ1n) is 8.65. The second-order valence-electron chi connectivity index (χ2n) is 6.45. The smallest absolute Gasteiger partial charge is 0.309 e. The van der Waals surface area contributed by atoms with Crippen molar-refractivity contribution in [2.24, 2.45) is 11.8 Å². The van der Waals surface area contributed by atoms with Crippen LogP contribution in [0.3, 0.4) is 0 Å². The summed E-state index contributed by atoms with van der Waals surface area (Å²) >= 11 is 0. The lowest BCUT2D eigenvalue weighted by Crippen LogP contribution is -2.40. The van der Waals surface area contributed by atoms with Crippen LogP contribution in [-0.2, 0) is 14.3 Å². The first-order valence-corrected chi connectivity index (χ1v) is 8.65. The van der Waals surface area contributed by atoms with Crippen LogP contribution < -0.4 is 0 Å². The van der Waals surface area contributed by atoms with E-state index in [-0.39, 0.29) is 17.8 Å². The summed E-state index contributed by atoms with van der Waals surface area (Å²) in [7, 11) is 0. The fraction of sp³-hybridized carbons (Fsp3) is 0.882. The Morgan fingerprint density at radius 1 is 1.05 bits per heavy atom. The third kappa shape index (κ3) is 5.01. The molecule has 1 aliphatic heterocycles. The van der Waals surface area contributed by atoms with E-state index in [1.165, 1.54) is 32.1 Å². The monoisotopic (exact) mass is 295 g/mol. The van der Waals surface area contributed by atoms with Crippen LogP contribution in [0, 0.1) is 11.8 Å². The van der Waals surface area contributed by atoms with E-state index in [1.807, 2.05) is 11.8 Å². The Kier molecular flexibility index (Phi) is 6.52. The van der Waals surface area contributed by atoms with Crippen LogP contribution >= 0.6 is 0 Å². The normalized spacial score (nSPS) is 21.3. The van der Waals surface area contributed by atoms with Crippen LogP contribution in [0.1, 0.15) is 64.7 Å². The van der Waals surface area contributed by atoms with E-state index in [4.69, 9.17) is 4.74 Å². The first kappa shape index (κ1) is 16.3. The summed E-state index contributed by atoms with van der Waals surface area (Å²) in [5, 5.41) is 0. The van der Waals surface area contributed by atoms with Gasteiger partial charge in [0.05, 0.1) is 12.5 Å². The highest BCUT2D eigenvalue weighted by molar-refractivity contribution is 5.77. The number of likely N-dealkylation sites (tertiary alicyclic amines) is 1. The van der Waals surface area contributed by atoms with Crippen LogP contribution in [0.5, 0.6) is 0 Å². The number of carbonyl (C=O) groups excluding carboxylic acids is 2. The topological polar surface area (TPSA) is 46.6 Å². The molecular formula is C17H29NO3. The molecule has 2 aliphatic rings. The molecule has 1 aliphatic carbocycles. The van der Waals surface area contributed by atoms with Crippen molar-refractivity contribution in [3.8, 4) is 0 Å². The number of amides is 1. The maximum Gasteiger partial charge on any atom is 0.309 e. The first-order chi connectivity index (χ1) is 10.2. The maximum absolute atomic E-state index is 12.3. The lowest BCUT2D eigenvalue weighted by atomic mass is 9.86. The van der Waals surface area contributed by atoms with Crippen molar-refractivity contribution in [2.45, 2.75) is 64.7 Å². The summed E-state index contributed by atoms with van der Waals surface area (Å²) in [5.74, 6) is 0.946. The second kappa shape index (κ2) is 8.40. The molecule has 1 amide bonds. The van der Waals surface area contributed by atoms with E-state index < -0.39 is 0 Å². The van der Waals surface area contributed by atoms with Gasteiger partial charge in [0.1, 0.15) is 0 Å². The van der Waals surface area contributed by atoms with Crippen molar-refractivity contribution in [1.29, 1.82) is 0 Å². The van der Waals surface area contributed by atoms with Crippen LogP contribution in [0.15, 0.2) is 0 Å². The van der Waals surface area contributed by atoms with Crippen molar-refractivity contribution in [3.63, 3.8) is 0 Å². The fourth-order valence-corrected chi connectivity index (χ4v) is 3.59. The molecule has 4 heteroatoms. The average molecular weight is 295 g/mol. The van der Waals surface area contributed by atoms with E-state index >= 15 is 0 Å². The number of hydrogen-bond donors (Lipinski definition) is 0. The molecule has 0 aromatic heterocycles. The van der Waals surface area contributed by atoms with Gasteiger partial charge in [-0.05, 0) is 32.1 Å². The van der Waals surface area contributed by atoms with Crippen molar-refractivity contribution in [1.82, 2.24) is 4.90 Å². The molecule has 21 heavy (non-hydrogen) atoms. The Morgan fingerprint density at radius 3 is 2.33 bits per heavy atom. The molecule has 0 N–H and O–H groups in total. The third-order valence-electron chi connectivity index (χ3n) is 4.96. The number of carbonyl (C=O) groups is 2. The van der Waals surface area contributed by atoms with Gasteiger partial charge in [0.2, 0.25) is 5.91 Å². The molecule has 2 rings (SSSR count). The Hall–Kier alpha value is -1.06. The highest BCUT2D eigenvalue weighted by atomic mass is 16.5. The van der Waals surface area contributed by atoms with Gasteiger partial charge >= 0.3 is 5.97 Å². The molecular weight excluding hydrogens is 266 g/mol. The number of ether oxygens (including phenoxy) is 1. The molecule has 120 valence electrons. The molecule has 0 atom stereocenters. The van der Waals surface area contributed by atoms with E-state index in [1.54, 1.807) is 0 Å². The largest absolute Gasteiger partial charge is 0.466 e. The molecule has 0 bridgehead atoms. The molecule has 0 radical (unpaired) electrons. The minimum atomic E-state index is -0.0909. The van der Waals surface area contributed by atoms with Gasteiger partial charge in [-0.1, -0.05) is 32.1 Å². The van der Waals surface area contributed by atoms with Crippen molar-refractivity contribution in [3.05, 3.63) is 0 Å². The third-order valence-corrected chi connectivity index (χ3v) is 4.96. The van der Waals surface area contributed by atoms with E-state index in [0.29, 0.717) is 26.1 Å². The highest BCUT2D eigenvalue weighted by Crippen LogP contribution is 2.28. The Morgan fingerprint density at radius 2 is 1.71 bits per heavy atom.